The lowest BCUT2D eigenvalue weighted by atomic mass is 9.93. The molecule has 0 bridgehead atoms. The van der Waals surface area contributed by atoms with Crippen molar-refractivity contribution >= 4 is 52.8 Å². The molecule has 39 heavy (non-hydrogen) atoms. The van der Waals surface area contributed by atoms with Gasteiger partial charge in [0.1, 0.15) is 35.0 Å². The van der Waals surface area contributed by atoms with E-state index in [4.69, 9.17) is 30.7 Å². The fourth-order valence-corrected chi connectivity index (χ4v) is 5.49. The summed E-state index contributed by atoms with van der Waals surface area (Å²) in [5, 5.41) is 1.78. The third-order valence-corrected chi connectivity index (χ3v) is 7.81. The number of hydrogen-bond donors (Lipinski definition) is 1. The van der Waals surface area contributed by atoms with Gasteiger partial charge in [0, 0.05) is 23.1 Å². The Hall–Kier alpha value is -3.69. The fourth-order valence-electron chi connectivity index (χ4n) is 3.94. The summed E-state index contributed by atoms with van der Waals surface area (Å²) in [6.07, 6.45) is 5.64. The summed E-state index contributed by atoms with van der Waals surface area (Å²) in [5.41, 5.74) is 7.38. The van der Waals surface area contributed by atoms with Gasteiger partial charge in [0.05, 0.1) is 10.0 Å². The number of aldehydes is 1. The molecule has 7 nitrogen and oxygen atoms in total. The lowest BCUT2D eigenvalue weighted by Crippen LogP contribution is -2.01. The van der Waals surface area contributed by atoms with E-state index < -0.39 is 0 Å². The molecule has 2 aromatic carbocycles. The Kier molecular flexibility index (Phi) is 10.3. The van der Waals surface area contributed by atoms with Gasteiger partial charge in [-0.25, -0.2) is 14.4 Å². The molecule has 2 saturated carbocycles. The van der Waals surface area contributed by atoms with E-state index in [0.29, 0.717) is 33.7 Å². The number of carbonyl (C=O) groups is 3. The van der Waals surface area contributed by atoms with Crippen molar-refractivity contribution in [2.75, 3.05) is 0 Å². The van der Waals surface area contributed by atoms with Crippen molar-refractivity contribution in [2.24, 2.45) is 5.73 Å². The second-order valence-corrected chi connectivity index (χ2v) is 10.5. The molecule has 2 aliphatic carbocycles. The molecule has 4 aromatic rings. The number of fused-ring (bicyclic) bond motifs is 1. The van der Waals surface area contributed by atoms with Crippen LogP contribution in [0.5, 0.6) is 11.6 Å². The van der Waals surface area contributed by atoms with Gasteiger partial charge < -0.3 is 20.1 Å². The zero-order valence-electron chi connectivity index (χ0n) is 21.7. The Labute approximate surface area is 235 Å². The molecular weight excluding hydrogens is 541 g/mol. The average Bonchev–Trinajstić information content (AvgIpc) is 3.86. The maximum atomic E-state index is 14.8. The Balaban J connectivity index is 0.000000475. The number of carbonyl (C=O) groups excluding carboxylic acids is 3. The first-order valence-electron chi connectivity index (χ1n) is 12.2. The summed E-state index contributed by atoms with van der Waals surface area (Å²) in [6.45, 7) is 5.64. The first-order chi connectivity index (χ1) is 18.8. The van der Waals surface area contributed by atoms with Crippen LogP contribution >= 0.6 is 22.9 Å². The predicted molar refractivity (Wildman–Crippen MR) is 152 cm³/mol. The Bertz CT molecular complexity index is 1450. The molecule has 2 heterocycles. The zero-order valence-corrected chi connectivity index (χ0v) is 23.2. The molecule has 2 aliphatic rings. The van der Waals surface area contributed by atoms with Crippen molar-refractivity contribution < 1.29 is 23.5 Å². The van der Waals surface area contributed by atoms with Crippen LogP contribution in [-0.4, -0.2) is 29.5 Å². The first-order valence-corrected chi connectivity index (χ1v) is 13.4. The minimum atomic E-state index is -0.327. The Morgan fingerprint density at radius 1 is 1.10 bits per heavy atom. The van der Waals surface area contributed by atoms with Crippen molar-refractivity contribution in [1.82, 2.24) is 9.97 Å². The first kappa shape index (κ1) is 29.9. The summed E-state index contributed by atoms with van der Waals surface area (Å²) < 4.78 is 20.8. The highest BCUT2D eigenvalue weighted by atomic mass is 35.5. The zero-order chi connectivity index (χ0) is 28.6. The smallest absolute Gasteiger partial charge is 0.220 e. The predicted octanol–water partition coefficient (Wildman–Crippen LogP) is 6.99. The molecule has 0 spiro atoms. The number of aromatic nitrogens is 2. The van der Waals surface area contributed by atoms with Crippen LogP contribution in [-0.2, 0) is 19.8 Å². The summed E-state index contributed by atoms with van der Waals surface area (Å²) in [5.74, 6) is 1.27. The minimum absolute atomic E-state index is 0.102. The van der Waals surface area contributed by atoms with Crippen LogP contribution in [0.2, 0.25) is 5.02 Å². The second kappa shape index (κ2) is 13.4. The monoisotopic (exact) mass is 569 g/mol. The number of pyridine rings is 1. The summed E-state index contributed by atoms with van der Waals surface area (Å²) in [7, 11) is 0. The third kappa shape index (κ3) is 7.25. The van der Waals surface area contributed by atoms with Crippen LogP contribution in [0.3, 0.4) is 0 Å². The number of rotatable bonds is 5. The van der Waals surface area contributed by atoms with Crippen LogP contribution < -0.4 is 10.5 Å². The maximum Gasteiger partial charge on any atom is 0.220 e. The van der Waals surface area contributed by atoms with Crippen LogP contribution in [0.1, 0.15) is 56.0 Å². The van der Waals surface area contributed by atoms with Crippen molar-refractivity contribution in [1.29, 1.82) is 0 Å². The van der Waals surface area contributed by atoms with E-state index in [1.54, 1.807) is 23.5 Å². The van der Waals surface area contributed by atoms with Crippen molar-refractivity contribution in [3.8, 4) is 22.8 Å². The number of primary amides is 1. The van der Waals surface area contributed by atoms with Gasteiger partial charge in [-0.1, -0.05) is 48.1 Å². The van der Waals surface area contributed by atoms with Gasteiger partial charge in [0.15, 0.2) is 0 Å². The standard InChI is InChI=1S/C25H20ClFN2OS.C2H4O.CH3NO.CH2O/c1-25(11-12-25)18-4-2-3-16(22(18)26)17-13-15(7-8-19(17)27)30-21-10-9-20-24(29-21)31-23(28-20)14-5-6-14;1-2-3;2-1-3;1-2/h2-4,7-10,13-14H,5-6,11-12H2,1H3;2H,1H3;1H,(H2,2,3);1H2. The molecule has 0 saturated heterocycles. The number of ether oxygens (including phenoxy) is 1. The maximum absolute atomic E-state index is 14.8. The number of hydrogen-bond acceptors (Lipinski definition) is 7. The number of benzene rings is 2. The lowest BCUT2D eigenvalue weighted by Gasteiger charge is -2.16. The van der Waals surface area contributed by atoms with E-state index in [1.165, 1.54) is 25.8 Å². The Morgan fingerprint density at radius 3 is 2.38 bits per heavy atom. The van der Waals surface area contributed by atoms with E-state index in [1.807, 2.05) is 37.1 Å². The molecule has 6 rings (SSSR count). The van der Waals surface area contributed by atoms with E-state index in [9.17, 15) is 4.39 Å². The molecule has 204 valence electrons. The highest BCUT2D eigenvalue weighted by Crippen LogP contribution is 2.51. The number of thiazole rings is 1. The molecule has 0 radical (unpaired) electrons. The SMILES string of the molecule is C=O.CC1(c2cccc(-c3cc(Oc4ccc5nc(C6CC6)sc5n4)ccc3F)c2Cl)CC1.CC=O.NC=O. The lowest BCUT2D eigenvalue weighted by molar-refractivity contribution is -0.107. The van der Waals surface area contributed by atoms with Gasteiger partial charge in [-0.3, -0.25) is 4.79 Å². The van der Waals surface area contributed by atoms with Crippen LogP contribution in [0.25, 0.3) is 21.5 Å². The molecule has 10 heteroatoms. The number of nitrogens with two attached hydrogens (primary N) is 1. The van der Waals surface area contributed by atoms with E-state index >= 15 is 0 Å². The summed E-state index contributed by atoms with van der Waals surface area (Å²) in [4.78, 5) is 35.5. The largest absolute Gasteiger partial charge is 0.439 e. The Morgan fingerprint density at radius 2 is 1.77 bits per heavy atom. The van der Waals surface area contributed by atoms with Gasteiger partial charge in [0.25, 0.3) is 0 Å². The van der Waals surface area contributed by atoms with Crippen LogP contribution in [0.15, 0.2) is 48.5 Å². The minimum Gasteiger partial charge on any atom is -0.439 e. The van der Waals surface area contributed by atoms with Gasteiger partial charge in [-0.2, -0.15) is 0 Å². The number of halogens is 2. The van der Waals surface area contributed by atoms with Gasteiger partial charge in [0.2, 0.25) is 12.3 Å². The topological polar surface area (TPSA) is 112 Å². The molecule has 0 atom stereocenters. The molecule has 2 N–H and O–H groups in total. The molecule has 1 amide bonds. The van der Waals surface area contributed by atoms with Crippen molar-refractivity contribution in [3.05, 3.63) is 69.9 Å². The molecule has 2 aromatic heterocycles. The van der Waals surface area contributed by atoms with Crippen molar-refractivity contribution in [2.45, 2.75) is 50.9 Å². The van der Waals surface area contributed by atoms with Gasteiger partial charge in [-0.15, -0.1) is 0 Å². The van der Waals surface area contributed by atoms with E-state index in [0.717, 1.165) is 40.0 Å². The second-order valence-electron chi connectivity index (χ2n) is 9.14. The van der Waals surface area contributed by atoms with Crippen LogP contribution in [0.4, 0.5) is 4.39 Å². The highest BCUT2D eigenvalue weighted by Gasteiger charge is 2.41. The quantitative estimate of drug-likeness (QED) is 0.259. The van der Waals surface area contributed by atoms with E-state index in [2.05, 4.69) is 22.6 Å². The number of amides is 1. The molecule has 0 aliphatic heterocycles. The molecular formula is C29H29ClFN3O4S. The fraction of sp³-hybridized carbons (Fsp3) is 0.276. The van der Waals surface area contributed by atoms with Gasteiger partial charge >= 0.3 is 0 Å². The average molecular weight is 570 g/mol. The molecule has 2 fully saturated rings. The number of nitrogens with zero attached hydrogens (tertiary/aromatic N) is 2. The normalized spacial score (nSPS) is 14.4. The molecule has 0 unspecified atom stereocenters. The van der Waals surface area contributed by atoms with Crippen molar-refractivity contribution in [3.63, 3.8) is 0 Å². The third-order valence-electron chi connectivity index (χ3n) is 6.27. The van der Waals surface area contributed by atoms with Crippen LogP contribution in [0, 0.1) is 5.82 Å². The highest BCUT2D eigenvalue weighted by molar-refractivity contribution is 7.18. The van der Waals surface area contributed by atoms with Gasteiger partial charge in [-0.05, 0) is 67.9 Å². The van der Waals surface area contributed by atoms with E-state index in [-0.39, 0.29) is 17.6 Å². The summed E-state index contributed by atoms with van der Waals surface area (Å²) >= 11 is 8.35. The summed E-state index contributed by atoms with van der Waals surface area (Å²) in [6, 6.07) is 14.3.